The number of anilines is 1. The second-order valence-electron chi connectivity index (χ2n) is 2.95. The van der Waals surface area contributed by atoms with Gasteiger partial charge in [0.1, 0.15) is 17.3 Å². The highest BCUT2D eigenvalue weighted by atomic mass is 16.1. The van der Waals surface area contributed by atoms with Crippen molar-refractivity contribution in [3.8, 4) is 0 Å². The lowest BCUT2D eigenvalue weighted by Crippen LogP contribution is -2.11. The number of aryl methyl sites for hydroxylation is 1. The normalized spacial score (nSPS) is 10.6. The lowest BCUT2D eigenvalue weighted by Gasteiger charge is -1.98. The van der Waals surface area contributed by atoms with Crippen LogP contribution in [-0.2, 0) is 0 Å². The summed E-state index contributed by atoms with van der Waals surface area (Å²) in [6.07, 6.45) is 1.48. The quantitative estimate of drug-likeness (QED) is 0.586. The Bertz CT molecular complexity index is 516. The summed E-state index contributed by atoms with van der Waals surface area (Å²) in [5, 5.41) is 0.489. The summed E-state index contributed by atoms with van der Waals surface area (Å²) in [4.78, 5) is 21.9. The molecule has 6 heteroatoms. The molecule has 2 rings (SSSR count). The van der Waals surface area contributed by atoms with E-state index in [1.54, 1.807) is 6.92 Å². The Kier molecular flexibility index (Phi) is 1.63. The molecular formula is C8H9N5O. The fraction of sp³-hybridized carbons (Fsp3) is 0.125. The number of nitrogens with two attached hydrogens (primary N) is 2. The predicted octanol–water partition coefficient (Wildman–Crippen LogP) is -0.0526. The van der Waals surface area contributed by atoms with Gasteiger partial charge in [0.15, 0.2) is 0 Å². The number of rotatable bonds is 1. The van der Waals surface area contributed by atoms with Crippen molar-refractivity contribution < 1.29 is 4.79 Å². The van der Waals surface area contributed by atoms with Crippen LogP contribution in [0.4, 0.5) is 5.82 Å². The molecule has 0 aromatic carbocycles. The van der Waals surface area contributed by atoms with Crippen molar-refractivity contribution in [3.05, 3.63) is 17.6 Å². The van der Waals surface area contributed by atoms with Crippen LogP contribution in [0.25, 0.3) is 11.0 Å². The zero-order valence-corrected chi connectivity index (χ0v) is 7.53. The number of nitrogen functional groups attached to an aromatic ring is 1. The molecule has 5 N–H and O–H groups in total. The Balaban J connectivity index is 2.85. The van der Waals surface area contributed by atoms with Crippen LogP contribution in [0.2, 0.25) is 0 Å². The van der Waals surface area contributed by atoms with Gasteiger partial charge in [-0.25, -0.2) is 9.97 Å². The fourth-order valence-corrected chi connectivity index (χ4v) is 1.37. The molecule has 0 unspecified atom stereocenters. The Morgan fingerprint density at radius 3 is 2.86 bits per heavy atom. The molecule has 0 saturated heterocycles. The van der Waals surface area contributed by atoms with Crippen LogP contribution in [0, 0.1) is 6.92 Å². The Labute approximate surface area is 79.3 Å². The van der Waals surface area contributed by atoms with Crippen molar-refractivity contribution in [2.24, 2.45) is 5.73 Å². The molecule has 6 nitrogen and oxygen atoms in total. The number of hydrogen-bond donors (Lipinski definition) is 3. The third kappa shape index (κ3) is 1.08. The van der Waals surface area contributed by atoms with Crippen molar-refractivity contribution in [1.29, 1.82) is 0 Å². The first kappa shape index (κ1) is 8.49. The van der Waals surface area contributed by atoms with E-state index in [1.165, 1.54) is 6.20 Å². The first-order valence-corrected chi connectivity index (χ1v) is 4.00. The average Bonchev–Trinajstić information content (AvgIpc) is 2.47. The number of amides is 1. The maximum Gasteiger partial charge on any atom is 0.251 e. The Morgan fingerprint density at radius 2 is 2.21 bits per heavy atom. The minimum absolute atomic E-state index is 0.266. The van der Waals surface area contributed by atoms with Gasteiger partial charge in [-0.3, -0.25) is 4.79 Å². The molecule has 72 valence electrons. The molecule has 14 heavy (non-hydrogen) atoms. The van der Waals surface area contributed by atoms with Crippen LogP contribution in [-0.4, -0.2) is 20.9 Å². The van der Waals surface area contributed by atoms with Gasteiger partial charge in [-0.15, -0.1) is 0 Å². The van der Waals surface area contributed by atoms with Crippen LogP contribution in [0.5, 0.6) is 0 Å². The molecule has 0 aliphatic carbocycles. The van der Waals surface area contributed by atoms with Crippen LogP contribution < -0.4 is 11.5 Å². The molecule has 0 saturated carbocycles. The van der Waals surface area contributed by atoms with Gasteiger partial charge >= 0.3 is 0 Å². The van der Waals surface area contributed by atoms with Crippen LogP contribution in [0.15, 0.2) is 6.20 Å². The molecule has 0 atom stereocenters. The van der Waals surface area contributed by atoms with Crippen molar-refractivity contribution in [2.75, 3.05) is 5.73 Å². The molecule has 2 aromatic heterocycles. The summed E-state index contributed by atoms with van der Waals surface area (Å²) < 4.78 is 0. The molecule has 0 spiro atoms. The molecule has 0 aliphatic heterocycles. The van der Waals surface area contributed by atoms with E-state index in [0.717, 1.165) is 0 Å². The number of fused-ring (bicyclic) bond motifs is 1. The van der Waals surface area contributed by atoms with Gasteiger partial charge in [-0.05, 0) is 6.92 Å². The van der Waals surface area contributed by atoms with Crippen molar-refractivity contribution >= 4 is 22.8 Å². The van der Waals surface area contributed by atoms with E-state index in [1.807, 2.05) is 0 Å². The van der Waals surface area contributed by atoms with E-state index >= 15 is 0 Å². The van der Waals surface area contributed by atoms with Gasteiger partial charge in [0.25, 0.3) is 5.91 Å². The molecule has 0 radical (unpaired) electrons. The highest BCUT2D eigenvalue weighted by Crippen LogP contribution is 2.20. The summed E-state index contributed by atoms with van der Waals surface area (Å²) in [7, 11) is 0. The van der Waals surface area contributed by atoms with E-state index in [0.29, 0.717) is 22.4 Å². The lowest BCUT2D eigenvalue weighted by molar-refractivity contribution is 0.100. The number of aromatic amines is 1. The van der Waals surface area contributed by atoms with Crippen LogP contribution >= 0.6 is 0 Å². The monoisotopic (exact) mass is 191 g/mol. The largest absolute Gasteiger partial charge is 0.383 e. The number of nitrogens with zero attached hydrogens (tertiary/aromatic N) is 2. The maximum atomic E-state index is 11.0. The van der Waals surface area contributed by atoms with Gasteiger partial charge < -0.3 is 16.5 Å². The van der Waals surface area contributed by atoms with Gasteiger partial charge in [-0.2, -0.15) is 0 Å². The smallest absolute Gasteiger partial charge is 0.251 e. The summed E-state index contributed by atoms with van der Waals surface area (Å²) in [6, 6.07) is 0. The third-order valence-corrected chi connectivity index (χ3v) is 1.94. The summed E-state index contributed by atoms with van der Waals surface area (Å²) >= 11 is 0. The zero-order chi connectivity index (χ0) is 10.3. The van der Waals surface area contributed by atoms with E-state index < -0.39 is 5.91 Å². The summed E-state index contributed by atoms with van der Waals surface area (Å²) in [5.41, 5.74) is 11.7. The highest BCUT2D eigenvalue weighted by Gasteiger charge is 2.13. The van der Waals surface area contributed by atoms with Gasteiger partial charge in [-0.1, -0.05) is 0 Å². The van der Waals surface area contributed by atoms with E-state index in [2.05, 4.69) is 15.0 Å². The van der Waals surface area contributed by atoms with Gasteiger partial charge in [0.05, 0.1) is 10.9 Å². The summed E-state index contributed by atoms with van der Waals surface area (Å²) in [5.74, 6) is 0.269. The molecule has 0 bridgehead atoms. The number of H-pyrrole nitrogens is 1. The second kappa shape index (κ2) is 2.69. The van der Waals surface area contributed by atoms with Crippen LogP contribution in [0.3, 0.4) is 0 Å². The SMILES string of the molecule is Cc1nc(N)c2c(C(N)=O)c[nH]c2n1. The Hall–Kier alpha value is -2.11. The van der Waals surface area contributed by atoms with Gasteiger partial charge in [0, 0.05) is 6.20 Å². The molecular weight excluding hydrogens is 182 g/mol. The Morgan fingerprint density at radius 1 is 1.50 bits per heavy atom. The van der Waals surface area contributed by atoms with Crippen molar-refractivity contribution in [3.63, 3.8) is 0 Å². The standard InChI is InChI=1S/C8H9N5O/c1-3-12-6(9)5-4(7(10)14)2-11-8(5)13-3/h2H,1H3,(H2,10,14)(H3,9,11,12,13). The number of primary amides is 1. The lowest BCUT2D eigenvalue weighted by atomic mass is 10.2. The van der Waals surface area contributed by atoms with Crippen LogP contribution in [0.1, 0.15) is 16.2 Å². The number of carbonyl (C=O) groups excluding carboxylic acids is 1. The molecule has 0 aliphatic rings. The molecule has 2 aromatic rings. The number of carbonyl (C=O) groups is 1. The minimum atomic E-state index is -0.546. The van der Waals surface area contributed by atoms with E-state index in [9.17, 15) is 4.79 Å². The molecule has 0 fully saturated rings. The highest BCUT2D eigenvalue weighted by molar-refractivity contribution is 6.08. The number of nitrogens with one attached hydrogen (secondary N) is 1. The average molecular weight is 191 g/mol. The summed E-state index contributed by atoms with van der Waals surface area (Å²) in [6.45, 7) is 1.72. The van der Waals surface area contributed by atoms with Crippen molar-refractivity contribution in [2.45, 2.75) is 6.92 Å². The first-order chi connectivity index (χ1) is 6.59. The topological polar surface area (TPSA) is 111 Å². The molecule has 1 amide bonds. The fourth-order valence-electron chi connectivity index (χ4n) is 1.37. The minimum Gasteiger partial charge on any atom is -0.383 e. The third-order valence-electron chi connectivity index (χ3n) is 1.94. The first-order valence-electron chi connectivity index (χ1n) is 4.00. The maximum absolute atomic E-state index is 11.0. The second-order valence-corrected chi connectivity index (χ2v) is 2.95. The zero-order valence-electron chi connectivity index (χ0n) is 7.53. The van der Waals surface area contributed by atoms with E-state index in [-0.39, 0.29) is 5.82 Å². The predicted molar refractivity (Wildman–Crippen MR) is 51.6 cm³/mol. The van der Waals surface area contributed by atoms with E-state index in [4.69, 9.17) is 11.5 Å². The number of hydrogen-bond acceptors (Lipinski definition) is 4. The molecule has 2 heterocycles. The number of aromatic nitrogens is 3. The van der Waals surface area contributed by atoms with Gasteiger partial charge in [0.2, 0.25) is 0 Å². The van der Waals surface area contributed by atoms with Crippen molar-refractivity contribution in [1.82, 2.24) is 15.0 Å².